The minimum atomic E-state index is -0.767. The maximum absolute atomic E-state index is 12.6. The maximum atomic E-state index is 12.6. The number of nitrogens with zero attached hydrogens (tertiary/aromatic N) is 1. The van der Waals surface area contributed by atoms with Gasteiger partial charge in [0.25, 0.3) is 0 Å². The fourth-order valence-corrected chi connectivity index (χ4v) is 4.31. The van der Waals surface area contributed by atoms with E-state index < -0.39 is 5.97 Å². The van der Waals surface area contributed by atoms with Crippen LogP contribution in [0.5, 0.6) is 0 Å². The van der Waals surface area contributed by atoms with Gasteiger partial charge >= 0.3 is 5.97 Å². The molecule has 3 fully saturated rings. The smallest absolute Gasteiger partial charge is 0.306 e. The number of amides is 1. The molecule has 3 aliphatic rings. The minimum absolute atomic E-state index is 0.123. The summed E-state index contributed by atoms with van der Waals surface area (Å²) >= 11 is 0. The van der Waals surface area contributed by atoms with E-state index in [1.54, 1.807) is 0 Å². The largest absolute Gasteiger partial charge is 0.481 e. The lowest BCUT2D eigenvalue weighted by molar-refractivity contribution is -0.145. The number of likely N-dealkylation sites (tertiary alicyclic amines) is 1. The molecule has 2 N–H and O–H groups in total. The molecule has 0 bridgehead atoms. The lowest BCUT2D eigenvalue weighted by Gasteiger charge is -2.29. The van der Waals surface area contributed by atoms with E-state index in [0.717, 1.165) is 32.2 Å². The van der Waals surface area contributed by atoms with Crippen molar-refractivity contribution in [2.45, 2.75) is 44.6 Å². The summed E-state index contributed by atoms with van der Waals surface area (Å²) in [5, 5.41) is 19.0. The van der Waals surface area contributed by atoms with Crippen LogP contribution < -0.4 is 0 Å². The van der Waals surface area contributed by atoms with E-state index in [4.69, 9.17) is 5.11 Å². The summed E-state index contributed by atoms with van der Waals surface area (Å²) in [6.45, 7) is 1.42. The Morgan fingerprint density at radius 3 is 2.45 bits per heavy atom. The molecule has 1 amide bonds. The van der Waals surface area contributed by atoms with Gasteiger partial charge in [-0.15, -0.1) is 0 Å². The molecule has 5 atom stereocenters. The zero-order valence-corrected chi connectivity index (χ0v) is 11.7. The van der Waals surface area contributed by atoms with Gasteiger partial charge in [-0.05, 0) is 38.0 Å². The number of carboxylic acids is 1. The second-order valence-electron chi connectivity index (χ2n) is 6.71. The van der Waals surface area contributed by atoms with Crippen LogP contribution >= 0.6 is 0 Å². The molecule has 2 saturated carbocycles. The van der Waals surface area contributed by atoms with E-state index in [1.807, 2.05) is 4.90 Å². The number of aliphatic hydroxyl groups excluding tert-OH is 1. The third kappa shape index (κ3) is 2.43. The van der Waals surface area contributed by atoms with Crippen LogP contribution in [0.3, 0.4) is 0 Å². The zero-order valence-electron chi connectivity index (χ0n) is 11.7. The van der Waals surface area contributed by atoms with E-state index in [-0.39, 0.29) is 29.8 Å². The molecule has 0 aromatic rings. The number of rotatable bonds is 2. The van der Waals surface area contributed by atoms with E-state index in [2.05, 4.69) is 0 Å². The molecule has 5 heteroatoms. The Bertz CT molecular complexity index is 411. The Labute approximate surface area is 119 Å². The second kappa shape index (κ2) is 5.35. The Morgan fingerprint density at radius 2 is 1.75 bits per heavy atom. The summed E-state index contributed by atoms with van der Waals surface area (Å²) in [5.74, 6) is -0.425. The molecule has 0 radical (unpaired) electrons. The van der Waals surface area contributed by atoms with Crippen molar-refractivity contribution < 1.29 is 19.8 Å². The van der Waals surface area contributed by atoms with Crippen molar-refractivity contribution in [2.24, 2.45) is 23.7 Å². The van der Waals surface area contributed by atoms with Gasteiger partial charge < -0.3 is 15.1 Å². The molecule has 20 heavy (non-hydrogen) atoms. The summed E-state index contributed by atoms with van der Waals surface area (Å²) in [4.78, 5) is 25.5. The predicted molar refractivity (Wildman–Crippen MR) is 71.9 cm³/mol. The average molecular weight is 281 g/mol. The fraction of sp³-hybridized carbons (Fsp3) is 0.867. The third-order valence-corrected chi connectivity index (χ3v) is 5.50. The van der Waals surface area contributed by atoms with Gasteiger partial charge in [0.05, 0.1) is 12.0 Å². The summed E-state index contributed by atoms with van der Waals surface area (Å²) < 4.78 is 0. The Morgan fingerprint density at radius 1 is 1.00 bits per heavy atom. The molecule has 5 unspecified atom stereocenters. The van der Waals surface area contributed by atoms with Gasteiger partial charge in [-0.1, -0.05) is 6.42 Å². The lowest BCUT2D eigenvalue weighted by atomic mass is 9.81. The van der Waals surface area contributed by atoms with E-state index in [0.29, 0.717) is 25.3 Å². The van der Waals surface area contributed by atoms with Gasteiger partial charge in [-0.3, -0.25) is 9.59 Å². The number of aliphatic carboxylic acids is 1. The molecule has 112 valence electrons. The molecule has 1 aliphatic heterocycles. The lowest BCUT2D eigenvalue weighted by Crippen LogP contribution is -2.38. The highest BCUT2D eigenvalue weighted by Gasteiger charge is 2.45. The normalized spacial score (nSPS) is 40.6. The molecule has 0 aromatic carbocycles. The average Bonchev–Trinajstić information content (AvgIpc) is 3.01. The molecule has 3 rings (SSSR count). The molecule has 1 saturated heterocycles. The first kappa shape index (κ1) is 13.9. The molecule has 1 heterocycles. The van der Waals surface area contributed by atoms with Crippen LogP contribution in [0.15, 0.2) is 0 Å². The van der Waals surface area contributed by atoms with Crippen molar-refractivity contribution in [3.05, 3.63) is 0 Å². The molecular weight excluding hydrogens is 258 g/mol. The van der Waals surface area contributed by atoms with Crippen molar-refractivity contribution in [1.82, 2.24) is 4.90 Å². The first-order chi connectivity index (χ1) is 9.56. The quantitative estimate of drug-likeness (QED) is 0.794. The summed E-state index contributed by atoms with van der Waals surface area (Å²) in [5.41, 5.74) is 0. The first-order valence-corrected chi connectivity index (χ1v) is 7.76. The van der Waals surface area contributed by atoms with Crippen molar-refractivity contribution in [3.63, 3.8) is 0 Å². The number of carbonyl (C=O) groups is 2. The number of fused-ring (bicyclic) bond motifs is 1. The zero-order chi connectivity index (χ0) is 14.3. The van der Waals surface area contributed by atoms with Gasteiger partial charge in [0.15, 0.2) is 0 Å². The third-order valence-electron chi connectivity index (χ3n) is 5.50. The van der Waals surface area contributed by atoms with Crippen LogP contribution in [0.1, 0.15) is 38.5 Å². The van der Waals surface area contributed by atoms with E-state index in [1.165, 1.54) is 0 Å². The predicted octanol–water partition coefficient (Wildman–Crippen LogP) is 1.11. The Balaban J connectivity index is 1.61. The van der Waals surface area contributed by atoms with Gasteiger partial charge in [-0.25, -0.2) is 0 Å². The first-order valence-electron chi connectivity index (χ1n) is 7.76. The number of hydrogen-bond donors (Lipinski definition) is 2. The van der Waals surface area contributed by atoms with Crippen LogP contribution in [-0.4, -0.2) is 46.2 Å². The van der Waals surface area contributed by atoms with Gasteiger partial charge in [-0.2, -0.15) is 0 Å². The summed E-state index contributed by atoms with van der Waals surface area (Å²) in [7, 11) is 0. The molecular formula is C15H23NO4. The Kier molecular flexibility index (Phi) is 3.71. The summed E-state index contributed by atoms with van der Waals surface area (Å²) in [6, 6.07) is 0. The highest BCUT2D eigenvalue weighted by Crippen LogP contribution is 2.39. The van der Waals surface area contributed by atoms with Gasteiger partial charge in [0.1, 0.15) is 0 Å². The van der Waals surface area contributed by atoms with Crippen LogP contribution in [-0.2, 0) is 9.59 Å². The molecule has 0 aromatic heterocycles. The van der Waals surface area contributed by atoms with Crippen molar-refractivity contribution in [2.75, 3.05) is 13.1 Å². The monoisotopic (exact) mass is 281 g/mol. The number of carboxylic acid groups (broad SMARTS) is 1. The standard InChI is InChI=1S/C15H23NO4/c17-13-5-4-11-7-16(8-12(11)13)14(18)9-2-1-3-10(6-9)15(19)20/h9-13,17H,1-8H2,(H,19,20). The molecule has 2 aliphatic carbocycles. The van der Waals surface area contributed by atoms with Crippen molar-refractivity contribution >= 4 is 11.9 Å². The summed E-state index contributed by atoms with van der Waals surface area (Å²) in [6.07, 6.45) is 4.45. The maximum Gasteiger partial charge on any atom is 0.306 e. The van der Waals surface area contributed by atoms with Crippen molar-refractivity contribution in [3.8, 4) is 0 Å². The SMILES string of the molecule is O=C(O)C1CCCC(C(=O)N2CC3CCC(O)C3C2)C1. The fourth-order valence-electron chi connectivity index (χ4n) is 4.31. The molecule has 5 nitrogen and oxygen atoms in total. The highest BCUT2D eigenvalue weighted by molar-refractivity contribution is 5.80. The molecule has 0 spiro atoms. The number of hydrogen-bond acceptors (Lipinski definition) is 3. The highest BCUT2D eigenvalue weighted by atomic mass is 16.4. The van der Waals surface area contributed by atoms with Crippen LogP contribution in [0.25, 0.3) is 0 Å². The minimum Gasteiger partial charge on any atom is -0.481 e. The second-order valence-corrected chi connectivity index (χ2v) is 6.71. The van der Waals surface area contributed by atoms with Gasteiger partial charge in [0.2, 0.25) is 5.91 Å². The Hall–Kier alpha value is -1.10. The van der Waals surface area contributed by atoms with Gasteiger partial charge in [0, 0.05) is 24.9 Å². The van der Waals surface area contributed by atoms with Crippen molar-refractivity contribution in [1.29, 1.82) is 0 Å². The van der Waals surface area contributed by atoms with Crippen LogP contribution in [0.2, 0.25) is 0 Å². The van der Waals surface area contributed by atoms with Crippen LogP contribution in [0, 0.1) is 23.7 Å². The number of carbonyl (C=O) groups excluding carboxylic acids is 1. The van der Waals surface area contributed by atoms with E-state index in [9.17, 15) is 14.7 Å². The number of aliphatic hydroxyl groups is 1. The topological polar surface area (TPSA) is 77.8 Å². The van der Waals surface area contributed by atoms with Crippen LogP contribution in [0.4, 0.5) is 0 Å². The van der Waals surface area contributed by atoms with E-state index >= 15 is 0 Å².